The van der Waals surface area contributed by atoms with Crippen molar-refractivity contribution in [2.75, 3.05) is 26.2 Å². The quantitative estimate of drug-likeness (QED) is 0.855. The Balaban J connectivity index is 0.00000312. The van der Waals surface area contributed by atoms with Crippen molar-refractivity contribution in [2.45, 2.75) is 39.3 Å². The lowest BCUT2D eigenvalue weighted by molar-refractivity contribution is -0.143. The van der Waals surface area contributed by atoms with Crippen molar-refractivity contribution in [1.82, 2.24) is 9.80 Å². The molecule has 7 heteroatoms. The van der Waals surface area contributed by atoms with E-state index in [2.05, 4.69) is 0 Å². The summed E-state index contributed by atoms with van der Waals surface area (Å²) >= 11 is 0. The Morgan fingerprint density at radius 2 is 1.76 bits per heavy atom. The van der Waals surface area contributed by atoms with Crippen molar-refractivity contribution < 1.29 is 14.3 Å². The second-order valence-electron chi connectivity index (χ2n) is 6.46. The summed E-state index contributed by atoms with van der Waals surface area (Å²) in [6, 6.07) is 7.51. The molecule has 0 radical (unpaired) electrons. The molecule has 1 aliphatic heterocycles. The van der Waals surface area contributed by atoms with E-state index in [1.807, 2.05) is 38.1 Å². The fourth-order valence-electron chi connectivity index (χ4n) is 2.78. The van der Waals surface area contributed by atoms with Crippen LogP contribution in [0.5, 0.6) is 5.75 Å². The lowest BCUT2D eigenvalue weighted by Gasteiger charge is -2.36. The highest BCUT2D eigenvalue weighted by atomic mass is 35.5. The van der Waals surface area contributed by atoms with Gasteiger partial charge in [0, 0.05) is 38.6 Å². The van der Waals surface area contributed by atoms with Crippen LogP contribution in [0, 0.1) is 6.92 Å². The molecule has 2 N–H and O–H groups in total. The second kappa shape index (κ2) is 9.63. The highest BCUT2D eigenvalue weighted by molar-refractivity contribution is 5.85. The van der Waals surface area contributed by atoms with Gasteiger partial charge in [-0.3, -0.25) is 9.59 Å². The van der Waals surface area contributed by atoms with Gasteiger partial charge in [-0.05, 0) is 38.5 Å². The van der Waals surface area contributed by atoms with Gasteiger partial charge in [0.25, 0.3) is 5.91 Å². The third-order valence-corrected chi connectivity index (χ3v) is 4.09. The van der Waals surface area contributed by atoms with Crippen molar-refractivity contribution in [3.05, 3.63) is 29.8 Å². The molecule has 1 fully saturated rings. The van der Waals surface area contributed by atoms with Crippen LogP contribution in [0.2, 0.25) is 0 Å². The summed E-state index contributed by atoms with van der Waals surface area (Å²) in [6.45, 7) is 7.73. The topological polar surface area (TPSA) is 75.9 Å². The Bertz CT molecular complexity index is 587. The fraction of sp³-hybridized carbons (Fsp3) is 0.556. The van der Waals surface area contributed by atoms with E-state index < -0.39 is 6.10 Å². The number of nitrogens with zero attached hydrogens (tertiary/aromatic N) is 2. The van der Waals surface area contributed by atoms with Gasteiger partial charge < -0.3 is 20.3 Å². The Hall–Kier alpha value is -1.79. The first-order chi connectivity index (χ1) is 11.4. The molecular weight excluding hydrogens is 342 g/mol. The molecule has 140 valence electrons. The van der Waals surface area contributed by atoms with E-state index >= 15 is 0 Å². The highest BCUT2D eigenvalue weighted by Crippen LogP contribution is 2.16. The van der Waals surface area contributed by atoms with Crippen LogP contribution in [0.25, 0.3) is 0 Å². The summed E-state index contributed by atoms with van der Waals surface area (Å²) in [5, 5.41) is 0. The Kier molecular flexibility index (Phi) is 8.19. The number of rotatable bonds is 5. The molecule has 6 nitrogen and oxygen atoms in total. The Morgan fingerprint density at radius 3 is 2.32 bits per heavy atom. The van der Waals surface area contributed by atoms with Crippen molar-refractivity contribution >= 4 is 24.2 Å². The smallest absolute Gasteiger partial charge is 0.263 e. The summed E-state index contributed by atoms with van der Waals surface area (Å²) in [6.07, 6.45) is -0.195. The van der Waals surface area contributed by atoms with Gasteiger partial charge in [0.15, 0.2) is 6.10 Å². The van der Waals surface area contributed by atoms with E-state index in [1.165, 1.54) is 0 Å². The average Bonchev–Trinajstić information content (AvgIpc) is 2.53. The lowest BCUT2D eigenvalue weighted by Crippen LogP contribution is -2.53. The van der Waals surface area contributed by atoms with Crippen LogP contribution in [0.4, 0.5) is 0 Å². The minimum absolute atomic E-state index is 0. The number of nitrogens with two attached hydrogens (primary N) is 1. The number of ether oxygens (including phenoxy) is 1. The second-order valence-corrected chi connectivity index (χ2v) is 6.46. The summed E-state index contributed by atoms with van der Waals surface area (Å²) in [7, 11) is 0. The van der Waals surface area contributed by atoms with Crippen molar-refractivity contribution in [2.24, 2.45) is 5.73 Å². The lowest BCUT2D eigenvalue weighted by atomic mass is 10.2. The standard InChI is InChI=1S/C18H27N3O3.ClH/c1-13-5-4-6-16(11-13)24-15(3)18(23)21-9-7-20(8-10-21)17(22)12-14(2)19;/h4-6,11,14-15H,7-10,12,19H2,1-3H3;1H. The van der Waals surface area contributed by atoms with Crippen LogP contribution in [-0.4, -0.2) is 59.9 Å². The molecule has 0 spiro atoms. The van der Waals surface area contributed by atoms with Crippen LogP contribution >= 0.6 is 12.4 Å². The van der Waals surface area contributed by atoms with Gasteiger partial charge in [0.2, 0.25) is 5.91 Å². The number of hydrogen-bond donors (Lipinski definition) is 1. The zero-order valence-electron chi connectivity index (χ0n) is 15.1. The number of carbonyl (C=O) groups excluding carboxylic acids is 2. The summed E-state index contributed by atoms with van der Waals surface area (Å²) < 4.78 is 5.75. The molecule has 2 amide bonds. The van der Waals surface area contributed by atoms with Crippen LogP contribution in [0.15, 0.2) is 24.3 Å². The number of halogens is 1. The molecule has 1 aromatic rings. The van der Waals surface area contributed by atoms with E-state index in [4.69, 9.17) is 10.5 Å². The number of carbonyl (C=O) groups is 2. The predicted molar refractivity (Wildman–Crippen MR) is 99.9 cm³/mol. The third kappa shape index (κ3) is 6.21. The maximum Gasteiger partial charge on any atom is 0.263 e. The minimum Gasteiger partial charge on any atom is -0.481 e. The normalized spacial score (nSPS) is 16.6. The molecule has 0 bridgehead atoms. The zero-order valence-corrected chi connectivity index (χ0v) is 15.9. The molecule has 0 saturated carbocycles. The molecule has 2 atom stereocenters. The Labute approximate surface area is 155 Å². The number of amides is 2. The van der Waals surface area contributed by atoms with Crippen LogP contribution in [-0.2, 0) is 9.59 Å². The SMILES string of the molecule is Cc1cccc(OC(C)C(=O)N2CCN(C(=O)CC(C)N)CC2)c1.Cl. The first kappa shape index (κ1) is 21.3. The molecule has 25 heavy (non-hydrogen) atoms. The first-order valence-corrected chi connectivity index (χ1v) is 8.42. The maximum absolute atomic E-state index is 12.5. The maximum atomic E-state index is 12.5. The van der Waals surface area contributed by atoms with Gasteiger partial charge in [-0.2, -0.15) is 0 Å². The fourth-order valence-corrected chi connectivity index (χ4v) is 2.78. The van der Waals surface area contributed by atoms with Crippen LogP contribution < -0.4 is 10.5 Å². The van der Waals surface area contributed by atoms with E-state index in [9.17, 15) is 9.59 Å². The van der Waals surface area contributed by atoms with Crippen molar-refractivity contribution in [3.63, 3.8) is 0 Å². The minimum atomic E-state index is -0.543. The zero-order chi connectivity index (χ0) is 17.7. The highest BCUT2D eigenvalue weighted by Gasteiger charge is 2.27. The largest absolute Gasteiger partial charge is 0.481 e. The van der Waals surface area contributed by atoms with E-state index in [0.717, 1.165) is 5.56 Å². The molecule has 1 aromatic carbocycles. The first-order valence-electron chi connectivity index (χ1n) is 8.42. The van der Waals surface area contributed by atoms with Gasteiger partial charge >= 0.3 is 0 Å². The van der Waals surface area contributed by atoms with Gasteiger partial charge in [0.05, 0.1) is 0 Å². The van der Waals surface area contributed by atoms with Gasteiger partial charge in [0.1, 0.15) is 5.75 Å². The summed E-state index contributed by atoms with van der Waals surface area (Å²) in [5.41, 5.74) is 6.76. The molecular formula is C18H28ClN3O3. The molecule has 0 aliphatic carbocycles. The van der Waals surface area contributed by atoms with Crippen LogP contribution in [0.1, 0.15) is 25.8 Å². The summed E-state index contributed by atoms with van der Waals surface area (Å²) in [5.74, 6) is 0.707. The van der Waals surface area contributed by atoms with Gasteiger partial charge in [-0.25, -0.2) is 0 Å². The van der Waals surface area contributed by atoms with E-state index in [-0.39, 0.29) is 30.3 Å². The molecule has 1 saturated heterocycles. The van der Waals surface area contributed by atoms with E-state index in [0.29, 0.717) is 38.3 Å². The average molecular weight is 370 g/mol. The number of hydrogen-bond acceptors (Lipinski definition) is 4. The van der Waals surface area contributed by atoms with Crippen molar-refractivity contribution in [1.29, 1.82) is 0 Å². The molecule has 2 unspecified atom stereocenters. The van der Waals surface area contributed by atoms with Crippen molar-refractivity contribution in [3.8, 4) is 5.75 Å². The van der Waals surface area contributed by atoms with E-state index in [1.54, 1.807) is 16.7 Å². The molecule has 1 heterocycles. The monoisotopic (exact) mass is 369 g/mol. The summed E-state index contributed by atoms with van der Waals surface area (Å²) in [4.78, 5) is 28.1. The third-order valence-electron chi connectivity index (χ3n) is 4.09. The van der Waals surface area contributed by atoms with Gasteiger partial charge in [-0.1, -0.05) is 12.1 Å². The van der Waals surface area contributed by atoms with Gasteiger partial charge in [-0.15, -0.1) is 12.4 Å². The predicted octanol–water partition coefficient (Wildman–Crippen LogP) is 1.59. The molecule has 1 aliphatic rings. The van der Waals surface area contributed by atoms with Crippen LogP contribution in [0.3, 0.4) is 0 Å². The number of benzene rings is 1. The molecule has 2 rings (SSSR count). The number of piperazine rings is 1. The Morgan fingerprint density at radius 1 is 1.16 bits per heavy atom. The number of aryl methyl sites for hydroxylation is 1. The molecule has 0 aromatic heterocycles.